The second-order valence-electron chi connectivity index (χ2n) is 11.7. The topological polar surface area (TPSA) is 78.9 Å². The number of benzodiazepines with no additional fused rings is 1. The molecule has 1 heterocycles. The normalized spacial score (nSPS) is 21.8. The highest BCUT2D eigenvalue weighted by atomic mass is 16.3. The van der Waals surface area contributed by atoms with Crippen molar-refractivity contribution in [2.24, 2.45) is 28.0 Å². The van der Waals surface area contributed by atoms with Gasteiger partial charge in [-0.1, -0.05) is 102 Å². The van der Waals surface area contributed by atoms with Gasteiger partial charge in [0.1, 0.15) is 12.2 Å². The van der Waals surface area contributed by atoms with Gasteiger partial charge in [0.25, 0.3) is 0 Å². The van der Waals surface area contributed by atoms with Crippen LogP contribution in [0.1, 0.15) is 77.3 Å². The summed E-state index contributed by atoms with van der Waals surface area (Å²) in [5, 5.41) is 11.2. The fraction of sp³-hybridized carbons (Fsp3) is 0.548. The third-order valence-corrected chi connectivity index (χ3v) is 7.59. The molecule has 0 amide bonds. The molecule has 4 rings (SSSR count). The van der Waals surface area contributed by atoms with Crippen LogP contribution in [-0.4, -0.2) is 34.9 Å². The van der Waals surface area contributed by atoms with Crippen molar-refractivity contribution in [2.45, 2.75) is 91.1 Å². The van der Waals surface area contributed by atoms with Crippen molar-refractivity contribution in [3.63, 3.8) is 0 Å². The molecule has 3 N–H and O–H groups in total. The van der Waals surface area contributed by atoms with E-state index in [0.29, 0.717) is 18.9 Å². The van der Waals surface area contributed by atoms with E-state index >= 15 is 0 Å². The van der Waals surface area contributed by atoms with Crippen molar-refractivity contribution >= 4 is 17.2 Å². The third kappa shape index (κ3) is 6.07. The number of aliphatic imine (C=N–C) groups is 1. The fourth-order valence-electron chi connectivity index (χ4n) is 5.35. The van der Waals surface area contributed by atoms with Gasteiger partial charge in [0.2, 0.25) is 0 Å². The van der Waals surface area contributed by atoms with Crippen LogP contribution in [0.4, 0.5) is 5.69 Å². The van der Waals surface area contributed by atoms with Gasteiger partial charge < -0.3 is 15.7 Å². The van der Waals surface area contributed by atoms with E-state index in [1.807, 2.05) is 30.3 Å². The molecule has 1 saturated carbocycles. The fourth-order valence-corrected chi connectivity index (χ4v) is 5.35. The maximum atomic E-state index is 14.3. The van der Waals surface area contributed by atoms with Crippen LogP contribution >= 0.6 is 0 Å². The molecule has 0 bridgehead atoms. The number of para-hydroxylation sites is 1. The molecule has 5 nitrogen and oxygen atoms in total. The molecule has 2 aliphatic rings. The van der Waals surface area contributed by atoms with Crippen LogP contribution in [0.5, 0.6) is 0 Å². The minimum atomic E-state index is -0.740. The largest absolute Gasteiger partial charge is 0.392 e. The number of nitrogens with two attached hydrogens (primary N) is 1. The Kier molecular flexibility index (Phi) is 8.31. The molecule has 5 heteroatoms. The number of benzene rings is 2. The van der Waals surface area contributed by atoms with E-state index in [-0.39, 0.29) is 11.2 Å². The van der Waals surface area contributed by atoms with Crippen molar-refractivity contribution in [3.05, 3.63) is 65.7 Å². The summed E-state index contributed by atoms with van der Waals surface area (Å²) < 4.78 is 0. The number of carbonyl (C=O) groups is 1. The molecule has 0 aromatic heterocycles. The van der Waals surface area contributed by atoms with Gasteiger partial charge in [-0.3, -0.25) is 9.79 Å². The number of hydrogen-bond donors (Lipinski definition) is 2. The average molecular weight is 490 g/mol. The van der Waals surface area contributed by atoms with Gasteiger partial charge in [-0.2, -0.15) is 0 Å². The molecule has 36 heavy (non-hydrogen) atoms. The number of rotatable bonds is 10. The van der Waals surface area contributed by atoms with Crippen LogP contribution in [0.2, 0.25) is 0 Å². The van der Waals surface area contributed by atoms with E-state index in [1.54, 1.807) is 0 Å². The zero-order valence-corrected chi connectivity index (χ0v) is 22.4. The number of hydrogen-bond acceptors (Lipinski definition) is 5. The lowest BCUT2D eigenvalue weighted by Crippen LogP contribution is -2.54. The van der Waals surface area contributed by atoms with Crippen LogP contribution in [0.25, 0.3) is 0 Å². The Morgan fingerprint density at radius 1 is 1.11 bits per heavy atom. The molecule has 1 aliphatic heterocycles. The molecule has 0 saturated heterocycles. The number of aliphatic hydroxyl groups excluding tert-OH is 1. The van der Waals surface area contributed by atoms with Crippen LogP contribution < -0.4 is 10.6 Å². The molecule has 194 valence electrons. The first-order chi connectivity index (χ1) is 17.2. The minimum Gasteiger partial charge on any atom is -0.392 e. The highest BCUT2D eigenvalue weighted by molar-refractivity contribution is 6.10. The molecule has 1 fully saturated rings. The summed E-state index contributed by atoms with van der Waals surface area (Å²) >= 11 is 0. The lowest BCUT2D eigenvalue weighted by Gasteiger charge is -2.35. The summed E-state index contributed by atoms with van der Waals surface area (Å²) in [7, 11) is 0. The maximum Gasteiger partial charge on any atom is 0.166 e. The Balaban J connectivity index is 1.78. The first-order valence-corrected chi connectivity index (χ1v) is 13.7. The Hall–Kier alpha value is -2.50. The van der Waals surface area contributed by atoms with Crippen molar-refractivity contribution in [1.29, 1.82) is 0 Å². The Labute approximate surface area is 216 Å². The number of carbonyl (C=O) groups excluding carboxylic acids is 1. The summed E-state index contributed by atoms with van der Waals surface area (Å²) in [4.78, 5) is 21.6. The average Bonchev–Trinajstić information content (AvgIpc) is 3.69. The van der Waals surface area contributed by atoms with E-state index in [2.05, 4.69) is 56.9 Å². The van der Waals surface area contributed by atoms with Crippen molar-refractivity contribution in [1.82, 2.24) is 0 Å². The van der Waals surface area contributed by atoms with Gasteiger partial charge in [0, 0.05) is 29.1 Å². The number of Topliss-reactive ketones (excluding diaryl/α,β-unsaturated/α-hetero) is 1. The molecule has 4 unspecified atom stereocenters. The van der Waals surface area contributed by atoms with E-state index in [4.69, 9.17) is 10.7 Å². The lowest BCUT2D eigenvalue weighted by molar-refractivity contribution is -0.128. The molecule has 0 spiro atoms. The quantitative estimate of drug-likeness (QED) is 0.447. The van der Waals surface area contributed by atoms with Gasteiger partial charge in [0.15, 0.2) is 5.78 Å². The number of ketones is 1. The first-order valence-electron chi connectivity index (χ1n) is 13.7. The summed E-state index contributed by atoms with van der Waals surface area (Å²) in [6, 6.07) is 17.7. The van der Waals surface area contributed by atoms with Crippen molar-refractivity contribution in [2.75, 3.05) is 4.90 Å². The predicted octanol–water partition coefficient (Wildman–Crippen LogP) is 5.73. The lowest BCUT2D eigenvalue weighted by atomic mass is 9.83. The second-order valence-corrected chi connectivity index (χ2v) is 11.7. The summed E-state index contributed by atoms with van der Waals surface area (Å²) in [5.41, 5.74) is 10.8. The maximum absolute atomic E-state index is 14.3. The molecule has 0 radical (unpaired) electrons. The van der Waals surface area contributed by atoms with E-state index in [9.17, 15) is 9.90 Å². The Bertz CT molecular complexity index is 1050. The molecule has 2 aromatic carbocycles. The molecule has 4 atom stereocenters. The number of fused-ring (bicyclic) bond motifs is 1. The van der Waals surface area contributed by atoms with Gasteiger partial charge >= 0.3 is 0 Å². The van der Waals surface area contributed by atoms with E-state index in [0.717, 1.165) is 54.6 Å². The third-order valence-electron chi connectivity index (χ3n) is 7.59. The number of unbranched alkanes of at least 4 members (excludes halogenated alkanes) is 1. The van der Waals surface area contributed by atoms with Gasteiger partial charge in [0.05, 0.1) is 11.8 Å². The van der Waals surface area contributed by atoms with Gasteiger partial charge in [-0.15, -0.1) is 0 Å². The van der Waals surface area contributed by atoms with Crippen LogP contribution in [-0.2, 0) is 11.3 Å². The van der Waals surface area contributed by atoms with Crippen LogP contribution in [0, 0.1) is 17.3 Å². The van der Waals surface area contributed by atoms with Gasteiger partial charge in [-0.25, -0.2) is 0 Å². The Morgan fingerprint density at radius 3 is 2.42 bits per heavy atom. The van der Waals surface area contributed by atoms with E-state index in [1.165, 1.54) is 0 Å². The zero-order valence-electron chi connectivity index (χ0n) is 22.4. The monoisotopic (exact) mass is 489 g/mol. The summed E-state index contributed by atoms with van der Waals surface area (Å²) in [5.74, 6) is 0.0939. The molecule has 1 aliphatic carbocycles. The number of nitrogens with zero attached hydrogens (tertiary/aromatic N) is 2. The zero-order chi connectivity index (χ0) is 25.9. The summed E-state index contributed by atoms with van der Waals surface area (Å²) in [6.07, 6.45) is 4.30. The SMILES string of the molecule is CCCCC(O)C(CC1CC1)C(=O)C1N=C(C(C)(C)C)c2ccccc2N(Cc2ccccc2)C1N. The number of aliphatic hydroxyl groups is 1. The first kappa shape index (κ1) is 26.6. The highest BCUT2D eigenvalue weighted by Gasteiger charge is 2.43. The predicted molar refractivity (Wildman–Crippen MR) is 148 cm³/mol. The molecular weight excluding hydrogens is 446 g/mol. The second kappa shape index (κ2) is 11.3. The molecule has 2 aromatic rings. The molecular formula is C31H43N3O2. The van der Waals surface area contributed by atoms with Crippen LogP contribution in [0.15, 0.2) is 59.6 Å². The van der Waals surface area contributed by atoms with E-state index < -0.39 is 24.2 Å². The minimum absolute atomic E-state index is 0.00868. The summed E-state index contributed by atoms with van der Waals surface area (Å²) in [6.45, 7) is 9.12. The van der Waals surface area contributed by atoms with Crippen LogP contribution in [0.3, 0.4) is 0 Å². The van der Waals surface area contributed by atoms with Crippen molar-refractivity contribution in [3.8, 4) is 0 Å². The van der Waals surface area contributed by atoms with Gasteiger partial charge in [-0.05, 0) is 30.4 Å². The smallest absolute Gasteiger partial charge is 0.166 e. The standard InChI is InChI=1S/C31H43N3O2/c1-5-6-16-26(35)24(19-21-17-18-21)28(36)27-30(32)34(20-22-12-8-7-9-13-22)25-15-11-10-14-23(25)29(33-27)31(2,3)4/h7-15,21,24,26-27,30,35H,5-6,16-20,32H2,1-4H3. The van der Waals surface area contributed by atoms with Crippen molar-refractivity contribution < 1.29 is 9.90 Å². The Morgan fingerprint density at radius 2 is 1.78 bits per heavy atom. The number of anilines is 1. The highest BCUT2D eigenvalue weighted by Crippen LogP contribution is 2.40.